The van der Waals surface area contributed by atoms with Gasteiger partial charge in [0, 0.05) is 24.2 Å². The normalized spacial score (nSPS) is 11.2. The van der Waals surface area contributed by atoms with E-state index in [1.807, 2.05) is 0 Å². The maximum atomic E-state index is 5.13. The second-order valence-corrected chi connectivity index (χ2v) is 9.75. The molecule has 0 atom stereocenters. The molecule has 0 aliphatic carbocycles. The van der Waals surface area contributed by atoms with Crippen LogP contribution in [0.5, 0.6) is 0 Å². The molecule has 0 aliphatic rings. The molecule has 0 aliphatic heterocycles. The Morgan fingerprint density at radius 3 is 1.50 bits per heavy atom. The van der Waals surface area contributed by atoms with Crippen LogP contribution >= 0.6 is 0 Å². The van der Waals surface area contributed by atoms with Gasteiger partial charge in [0.1, 0.15) is 0 Å². The maximum absolute atomic E-state index is 5.13. The van der Waals surface area contributed by atoms with E-state index in [0.717, 1.165) is 24.2 Å². The van der Waals surface area contributed by atoms with Crippen molar-refractivity contribution >= 4 is 10.8 Å². The van der Waals surface area contributed by atoms with Crippen LogP contribution in [0.4, 0.5) is 0 Å². The Balaban J connectivity index is 1.58. The van der Waals surface area contributed by atoms with E-state index in [9.17, 15) is 0 Å². The van der Waals surface area contributed by atoms with E-state index in [1.54, 1.807) is 0 Å². The summed E-state index contributed by atoms with van der Waals surface area (Å²) in [6, 6.07) is 33.4. The van der Waals surface area contributed by atoms with Crippen LogP contribution < -0.4 is 0 Å². The summed E-state index contributed by atoms with van der Waals surface area (Å²) in [5.74, 6) is 0. The van der Waals surface area contributed by atoms with Crippen molar-refractivity contribution in [2.45, 2.75) is 40.5 Å². The second kappa shape index (κ2) is 9.27. The highest BCUT2D eigenvalue weighted by Gasteiger charge is 2.09. The minimum atomic E-state index is 0.837. The van der Waals surface area contributed by atoms with Crippen molar-refractivity contribution in [2.24, 2.45) is 0 Å². The Morgan fingerprint density at radius 1 is 0.471 bits per heavy atom. The third-order valence-electron chi connectivity index (χ3n) is 6.35. The van der Waals surface area contributed by atoms with Gasteiger partial charge in [-0.05, 0) is 78.9 Å². The number of hydrogen-bond acceptors (Lipinski definition) is 1. The van der Waals surface area contributed by atoms with Gasteiger partial charge in [-0.25, -0.2) is 0 Å². The van der Waals surface area contributed by atoms with Crippen LogP contribution in [0, 0.1) is 27.7 Å². The Labute approximate surface area is 203 Å². The van der Waals surface area contributed by atoms with Crippen molar-refractivity contribution < 1.29 is 0 Å². The fourth-order valence-corrected chi connectivity index (χ4v) is 5.13. The van der Waals surface area contributed by atoms with Crippen molar-refractivity contribution in [3.05, 3.63) is 136 Å². The van der Waals surface area contributed by atoms with Crippen LogP contribution in [0.25, 0.3) is 21.9 Å². The smallest absolute Gasteiger partial charge is 0.0457 e. The van der Waals surface area contributed by atoms with E-state index in [4.69, 9.17) is 4.98 Å². The number of hydrogen-bond donors (Lipinski definition) is 0. The first-order valence-electron chi connectivity index (χ1n) is 12.0. The number of aryl methyl sites for hydroxylation is 4. The highest BCUT2D eigenvalue weighted by atomic mass is 14.7. The van der Waals surface area contributed by atoms with E-state index >= 15 is 0 Å². The van der Waals surface area contributed by atoms with Crippen LogP contribution in [-0.4, -0.2) is 4.98 Å². The molecule has 0 saturated carbocycles. The molecule has 1 aromatic heterocycles. The lowest BCUT2D eigenvalue weighted by atomic mass is 9.97. The van der Waals surface area contributed by atoms with Gasteiger partial charge < -0.3 is 0 Å². The third-order valence-corrected chi connectivity index (χ3v) is 6.35. The van der Waals surface area contributed by atoms with Crippen molar-refractivity contribution in [3.63, 3.8) is 0 Å². The summed E-state index contributed by atoms with van der Waals surface area (Å²) in [4.78, 5) is 5.13. The lowest BCUT2D eigenvalue weighted by Gasteiger charge is -2.12. The van der Waals surface area contributed by atoms with Gasteiger partial charge in [0.25, 0.3) is 0 Å². The standard InChI is InChI=1S/C33H31N/c1-22-11-23(2)14-26(13-22)17-32-20-31(30-10-9-28-7-5-6-8-29(28)19-30)21-33(34-32)18-27-15-24(3)12-25(4)16-27/h5-16,19-21H,17-18H2,1-4H3. The first-order chi connectivity index (χ1) is 16.4. The first kappa shape index (κ1) is 22.1. The zero-order valence-electron chi connectivity index (χ0n) is 20.5. The van der Waals surface area contributed by atoms with Gasteiger partial charge in [0.05, 0.1) is 0 Å². The summed E-state index contributed by atoms with van der Waals surface area (Å²) in [7, 11) is 0. The van der Waals surface area contributed by atoms with Crippen LogP contribution in [0.2, 0.25) is 0 Å². The van der Waals surface area contributed by atoms with Crippen molar-refractivity contribution in [2.75, 3.05) is 0 Å². The Hall–Kier alpha value is -3.71. The lowest BCUT2D eigenvalue weighted by Crippen LogP contribution is -2.01. The molecule has 0 fully saturated rings. The summed E-state index contributed by atoms with van der Waals surface area (Å²) in [6.45, 7) is 8.67. The highest BCUT2D eigenvalue weighted by Crippen LogP contribution is 2.27. The van der Waals surface area contributed by atoms with Crippen LogP contribution in [-0.2, 0) is 12.8 Å². The van der Waals surface area contributed by atoms with Gasteiger partial charge in [-0.1, -0.05) is 95.1 Å². The van der Waals surface area contributed by atoms with Crippen molar-refractivity contribution in [3.8, 4) is 11.1 Å². The number of fused-ring (bicyclic) bond motifs is 1. The molecule has 34 heavy (non-hydrogen) atoms. The molecular formula is C33H31N. The van der Waals surface area contributed by atoms with Gasteiger partial charge in [-0.2, -0.15) is 0 Å². The molecule has 5 aromatic rings. The van der Waals surface area contributed by atoms with Gasteiger partial charge in [-0.3, -0.25) is 4.98 Å². The summed E-state index contributed by atoms with van der Waals surface area (Å²) >= 11 is 0. The molecule has 0 bridgehead atoms. The predicted octanol–water partition coefficient (Wildman–Crippen LogP) is 8.32. The molecule has 0 saturated heterocycles. The lowest BCUT2D eigenvalue weighted by molar-refractivity contribution is 0.989. The van der Waals surface area contributed by atoms with Crippen LogP contribution in [0.1, 0.15) is 44.8 Å². The Bertz CT molecular complexity index is 1380. The topological polar surface area (TPSA) is 12.9 Å². The molecule has 0 N–H and O–H groups in total. The number of pyridine rings is 1. The molecule has 1 heteroatoms. The predicted molar refractivity (Wildman–Crippen MR) is 145 cm³/mol. The first-order valence-corrected chi connectivity index (χ1v) is 12.0. The number of aromatic nitrogens is 1. The monoisotopic (exact) mass is 441 g/mol. The highest BCUT2D eigenvalue weighted by molar-refractivity contribution is 5.87. The maximum Gasteiger partial charge on any atom is 0.0457 e. The molecule has 0 amide bonds. The average Bonchev–Trinajstić information content (AvgIpc) is 2.77. The quantitative estimate of drug-likeness (QED) is 0.267. The van der Waals surface area contributed by atoms with Gasteiger partial charge in [0.15, 0.2) is 0 Å². The Kier molecular flexibility index (Phi) is 6.02. The van der Waals surface area contributed by atoms with Crippen molar-refractivity contribution in [1.29, 1.82) is 0 Å². The molecule has 1 heterocycles. The van der Waals surface area contributed by atoms with Crippen LogP contribution in [0.15, 0.2) is 91.0 Å². The fraction of sp³-hybridized carbons (Fsp3) is 0.182. The zero-order valence-corrected chi connectivity index (χ0v) is 20.5. The van der Waals surface area contributed by atoms with E-state index in [-0.39, 0.29) is 0 Å². The summed E-state index contributed by atoms with van der Waals surface area (Å²) < 4.78 is 0. The summed E-state index contributed by atoms with van der Waals surface area (Å²) in [5, 5.41) is 2.54. The SMILES string of the molecule is Cc1cc(C)cc(Cc2cc(-c3ccc4ccccc4c3)cc(Cc3cc(C)cc(C)c3)n2)c1. The van der Waals surface area contributed by atoms with Gasteiger partial charge in [0.2, 0.25) is 0 Å². The second-order valence-electron chi connectivity index (χ2n) is 9.75. The Morgan fingerprint density at radius 2 is 0.971 bits per heavy atom. The fourth-order valence-electron chi connectivity index (χ4n) is 5.13. The third kappa shape index (κ3) is 5.10. The molecule has 0 unspecified atom stereocenters. The molecule has 5 rings (SSSR count). The summed E-state index contributed by atoms with van der Waals surface area (Å²) in [5.41, 5.74) is 12.6. The number of rotatable bonds is 5. The average molecular weight is 442 g/mol. The van der Waals surface area contributed by atoms with E-state index < -0.39 is 0 Å². The minimum absolute atomic E-state index is 0.837. The molecule has 0 spiro atoms. The van der Waals surface area contributed by atoms with Crippen LogP contribution in [0.3, 0.4) is 0 Å². The van der Waals surface area contributed by atoms with Gasteiger partial charge in [-0.15, -0.1) is 0 Å². The summed E-state index contributed by atoms with van der Waals surface area (Å²) in [6.07, 6.45) is 1.67. The van der Waals surface area contributed by atoms with Crippen molar-refractivity contribution in [1.82, 2.24) is 4.98 Å². The molecular weight excluding hydrogens is 410 g/mol. The number of nitrogens with zero attached hydrogens (tertiary/aromatic N) is 1. The van der Waals surface area contributed by atoms with E-state index in [0.29, 0.717) is 0 Å². The van der Waals surface area contributed by atoms with Gasteiger partial charge >= 0.3 is 0 Å². The van der Waals surface area contributed by atoms with E-state index in [2.05, 4.69) is 119 Å². The number of benzene rings is 4. The minimum Gasteiger partial charge on any atom is -0.257 e. The van der Waals surface area contributed by atoms with E-state index in [1.165, 1.54) is 55.3 Å². The molecule has 0 radical (unpaired) electrons. The largest absolute Gasteiger partial charge is 0.257 e. The molecule has 1 nitrogen and oxygen atoms in total. The molecule has 4 aromatic carbocycles. The molecule has 168 valence electrons. The zero-order chi connectivity index (χ0) is 23.7.